The van der Waals surface area contributed by atoms with Crippen molar-refractivity contribution >= 4 is 0 Å². The first kappa shape index (κ1) is 13.0. The van der Waals surface area contributed by atoms with E-state index in [0.717, 1.165) is 38.5 Å². The van der Waals surface area contributed by atoms with E-state index in [9.17, 15) is 0 Å². The molecule has 0 aliphatic carbocycles. The predicted molar refractivity (Wildman–Crippen MR) is 66.4 cm³/mol. The second kappa shape index (κ2) is 12.0. The minimum absolute atomic E-state index is 1.09. The van der Waals surface area contributed by atoms with Crippen LogP contribution in [0.15, 0.2) is 49.6 Å². The SMILES string of the molecule is C=CCC/C=C/CC/C=C/CCC=C. The summed E-state index contributed by atoms with van der Waals surface area (Å²) in [5.74, 6) is 0. The van der Waals surface area contributed by atoms with Gasteiger partial charge in [0.25, 0.3) is 0 Å². The lowest BCUT2D eigenvalue weighted by Gasteiger charge is -1.88. The van der Waals surface area contributed by atoms with Crippen molar-refractivity contribution in [2.75, 3.05) is 0 Å². The van der Waals surface area contributed by atoms with Crippen molar-refractivity contribution in [3.8, 4) is 0 Å². The highest BCUT2D eigenvalue weighted by Crippen LogP contribution is 1.98. The molecule has 0 aromatic heterocycles. The second-order valence-corrected chi connectivity index (χ2v) is 3.25. The number of unbranched alkanes of at least 4 members (excludes halogenated alkanes) is 3. The maximum Gasteiger partial charge on any atom is -0.0316 e. The second-order valence-electron chi connectivity index (χ2n) is 3.25. The smallest absolute Gasteiger partial charge is 0.0316 e. The number of allylic oxidation sites excluding steroid dienone is 6. The van der Waals surface area contributed by atoms with Crippen molar-refractivity contribution in [3.05, 3.63) is 49.6 Å². The molecule has 0 rings (SSSR count). The van der Waals surface area contributed by atoms with Crippen molar-refractivity contribution in [2.45, 2.75) is 38.5 Å². The van der Waals surface area contributed by atoms with E-state index in [2.05, 4.69) is 37.5 Å². The van der Waals surface area contributed by atoms with Crippen LogP contribution in [-0.4, -0.2) is 0 Å². The van der Waals surface area contributed by atoms with Crippen LogP contribution < -0.4 is 0 Å². The molecule has 0 atom stereocenters. The molecule has 0 aliphatic rings. The summed E-state index contributed by atoms with van der Waals surface area (Å²) < 4.78 is 0. The first-order chi connectivity index (χ1) is 6.91. The Hall–Kier alpha value is -1.04. The zero-order valence-electron chi connectivity index (χ0n) is 9.12. The first-order valence-corrected chi connectivity index (χ1v) is 5.43. The Bertz CT molecular complexity index is 162. The molecule has 0 nitrogen and oxygen atoms in total. The van der Waals surface area contributed by atoms with Crippen molar-refractivity contribution in [2.24, 2.45) is 0 Å². The summed E-state index contributed by atoms with van der Waals surface area (Å²) in [6, 6.07) is 0. The maximum atomic E-state index is 3.68. The molecule has 0 amide bonds. The summed E-state index contributed by atoms with van der Waals surface area (Å²) in [4.78, 5) is 0. The van der Waals surface area contributed by atoms with E-state index in [1.165, 1.54) is 0 Å². The van der Waals surface area contributed by atoms with Gasteiger partial charge in [0.2, 0.25) is 0 Å². The lowest BCUT2D eigenvalue weighted by atomic mass is 10.2. The van der Waals surface area contributed by atoms with Crippen LogP contribution >= 0.6 is 0 Å². The Morgan fingerprint density at radius 2 is 0.786 bits per heavy atom. The molecule has 0 heteroatoms. The number of hydrogen-bond acceptors (Lipinski definition) is 0. The van der Waals surface area contributed by atoms with E-state index < -0.39 is 0 Å². The van der Waals surface area contributed by atoms with Gasteiger partial charge in [0, 0.05) is 0 Å². The topological polar surface area (TPSA) is 0 Å². The highest BCUT2D eigenvalue weighted by atomic mass is 13.8. The molecule has 0 aromatic carbocycles. The fourth-order valence-electron chi connectivity index (χ4n) is 1.09. The van der Waals surface area contributed by atoms with Crippen LogP contribution in [0.4, 0.5) is 0 Å². The lowest BCUT2D eigenvalue weighted by Crippen LogP contribution is -1.68. The first-order valence-electron chi connectivity index (χ1n) is 5.43. The summed E-state index contributed by atoms with van der Waals surface area (Å²) in [5.41, 5.74) is 0. The Balaban J connectivity index is 3.18. The molecule has 0 spiro atoms. The maximum absolute atomic E-state index is 3.68. The van der Waals surface area contributed by atoms with E-state index in [4.69, 9.17) is 0 Å². The van der Waals surface area contributed by atoms with Crippen LogP contribution in [0.3, 0.4) is 0 Å². The largest absolute Gasteiger partial charge is 0.103 e. The Morgan fingerprint density at radius 3 is 1.07 bits per heavy atom. The molecule has 0 radical (unpaired) electrons. The van der Waals surface area contributed by atoms with E-state index in [-0.39, 0.29) is 0 Å². The minimum Gasteiger partial charge on any atom is -0.103 e. The molecule has 0 bridgehead atoms. The van der Waals surface area contributed by atoms with Gasteiger partial charge < -0.3 is 0 Å². The molecule has 0 saturated carbocycles. The van der Waals surface area contributed by atoms with Gasteiger partial charge in [-0.25, -0.2) is 0 Å². The number of hydrogen-bond donors (Lipinski definition) is 0. The predicted octanol–water partition coefficient (Wildman–Crippen LogP) is 4.81. The quantitative estimate of drug-likeness (QED) is 0.361. The zero-order valence-corrected chi connectivity index (χ0v) is 9.12. The van der Waals surface area contributed by atoms with Gasteiger partial charge >= 0.3 is 0 Å². The third kappa shape index (κ3) is 11.0. The highest BCUT2D eigenvalue weighted by molar-refractivity contribution is 4.89. The van der Waals surface area contributed by atoms with Gasteiger partial charge in [0.15, 0.2) is 0 Å². The third-order valence-electron chi connectivity index (χ3n) is 1.91. The van der Waals surface area contributed by atoms with Crippen LogP contribution in [0.2, 0.25) is 0 Å². The van der Waals surface area contributed by atoms with Gasteiger partial charge in [-0.15, -0.1) is 13.2 Å². The van der Waals surface area contributed by atoms with Crippen LogP contribution in [0.25, 0.3) is 0 Å². The minimum atomic E-state index is 1.09. The van der Waals surface area contributed by atoms with Crippen LogP contribution in [0.1, 0.15) is 38.5 Å². The molecule has 0 saturated heterocycles. The fraction of sp³-hybridized carbons (Fsp3) is 0.429. The fourth-order valence-corrected chi connectivity index (χ4v) is 1.09. The van der Waals surface area contributed by atoms with Crippen molar-refractivity contribution in [3.63, 3.8) is 0 Å². The molecule has 0 fully saturated rings. The molecule has 0 unspecified atom stereocenters. The number of rotatable bonds is 9. The molecular weight excluding hydrogens is 168 g/mol. The van der Waals surface area contributed by atoms with Crippen molar-refractivity contribution in [1.29, 1.82) is 0 Å². The monoisotopic (exact) mass is 190 g/mol. The summed E-state index contributed by atoms with van der Waals surface area (Å²) in [7, 11) is 0. The summed E-state index contributed by atoms with van der Waals surface area (Å²) in [6.07, 6.45) is 19.6. The molecular formula is C14H22. The van der Waals surface area contributed by atoms with Gasteiger partial charge in [-0.2, -0.15) is 0 Å². The van der Waals surface area contributed by atoms with E-state index >= 15 is 0 Å². The van der Waals surface area contributed by atoms with Crippen LogP contribution in [0.5, 0.6) is 0 Å². The molecule has 14 heavy (non-hydrogen) atoms. The van der Waals surface area contributed by atoms with Gasteiger partial charge in [0.05, 0.1) is 0 Å². The Labute approximate surface area is 88.7 Å². The average Bonchev–Trinajstić information content (AvgIpc) is 2.21. The Morgan fingerprint density at radius 1 is 0.500 bits per heavy atom. The molecule has 78 valence electrons. The third-order valence-corrected chi connectivity index (χ3v) is 1.91. The van der Waals surface area contributed by atoms with E-state index in [1.54, 1.807) is 0 Å². The average molecular weight is 190 g/mol. The van der Waals surface area contributed by atoms with Gasteiger partial charge in [-0.1, -0.05) is 36.5 Å². The van der Waals surface area contributed by atoms with Crippen LogP contribution in [-0.2, 0) is 0 Å². The molecule has 0 N–H and O–H groups in total. The highest BCUT2D eigenvalue weighted by Gasteiger charge is 1.78. The molecule has 0 heterocycles. The Kier molecular flexibility index (Phi) is 11.1. The summed E-state index contributed by atoms with van der Waals surface area (Å²) in [5, 5.41) is 0. The zero-order chi connectivity index (χ0) is 10.5. The summed E-state index contributed by atoms with van der Waals surface area (Å²) >= 11 is 0. The summed E-state index contributed by atoms with van der Waals surface area (Å²) in [6.45, 7) is 7.37. The molecule has 0 aromatic rings. The van der Waals surface area contributed by atoms with Gasteiger partial charge in [-0.05, 0) is 38.5 Å². The van der Waals surface area contributed by atoms with E-state index in [1.807, 2.05) is 12.2 Å². The standard InChI is InChI=1S/C14H22/c1-3-5-7-9-11-13-14-12-10-8-6-4-2/h3-4,9-12H,1-2,5-8,13-14H2/b11-9+,12-10+. The van der Waals surface area contributed by atoms with Crippen LogP contribution in [0, 0.1) is 0 Å². The lowest BCUT2D eigenvalue weighted by molar-refractivity contribution is 0.988. The van der Waals surface area contributed by atoms with Gasteiger partial charge in [0.1, 0.15) is 0 Å². The van der Waals surface area contributed by atoms with Crippen molar-refractivity contribution in [1.82, 2.24) is 0 Å². The normalized spacial score (nSPS) is 11.1. The van der Waals surface area contributed by atoms with Gasteiger partial charge in [-0.3, -0.25) is 0 Å². The van der Waals surface area contributed by atoms with Crippen molar-refractivity contribution < 1.29 is 0 Å². The van der Waals surface area contributed by atoms with E-state index in [0.29, 0.717) is 0 Å². The molecule has 0 aliphatic heterocycles.